The average molecular weight is 373 g/mol. The van der Waals surface area contributed by atoms with Crippen molar-refractivity contribution in [3.63, 3.8) is 0 Å². The average Bonchev–Trinajstić information content (AvgIpc) is 2.84. The number of anilines is 1. The van der Waals surface area contributed by atoms with E-state index < -0.39 is 0 Å². The summed E-state index contributed by atoms with van der Waals surface area (Å²) in [6, 6.07) is 6.08. The molecule has 1 atom stereocenters. The fraction of sp³-hybridized carbons (Fsp3) is 0.571. The Kier molecular flexibility index (Phi) is 5.23. The highest BCUT2D eigenvalue weighted by Gasteiger charge is 2.29. The number of rotatable bonds is 3. The summed E-state index contributed by atoms with van der Waals surface area (Å²) in [5, 5.41) is 9.60. The summed E-state index contributed by atoms with van der Waals surface area (Å²) in [5.74, 6) is 1.73. The predicted octanol–water partition coefficient (Wildman–Crippen LogP) is 4.78. The van der Waals surface area contributed by atoms with Gasteiger partial charge in [0.05, 0.1) is 11.4 Å². The molecule has 1 N–H and O–H groups in total. The Labute approximate surface area is 161 Å². The first-order valence-electron chi connectivity index (χ1n) is 10.0. The lowest BCUT2D eigenvalue weighted by molar-refractivity contribution is 0.215. The molecule has 0 amide bonds. The Balaban J connectivity index is 1.80. The number of aryl methyl sites for hydroxylation is 1. The van der Waals surface area contributed by atoms with E-state index in [2.05, 4.69) is 34.8 Å². The maximum atomic E-state index is 6.31. The van der Waals surface area contributed by atoms with Gasteiger partial charge in [0.1, 0.15) is 5.82 Å². The van der Waals surface area contributed by atoms with Gasteiger partial charge in [-0.3, -0.25) is 0 Å². The Bertz CT molecular complexity index is 783. The summed E-state index contributed by atoms with van der Waals surface area (Å²) in [6.45, 7) is 8.90. The van der Waals surface area contributed by atoms with Crippen LogP contribution < -0.4 is 5.32 Å². The quantitative estimate of drug-likeness (QED) is 0.841. The lowest BCUT2D eigenvalue weighted by atomic mass is 9.91. The molecule has 1 unspecified atom stereocenters. The van der Waals surface area contributed by atoms with E-state index in [-0.39, 0.29) is 0 Å². The van der Waals surface area contributed by atoms with Crippen LogP contribution in [-0.4, -0.2) is 40.9 Å². The van der Waals surface area contributed by atoms with Crippen molar-refractivity contribution in [2.24, 2.45) is 0 Å². The van der Waals surface area contributed by atoms with Crippen molar-refractivity contribution in [1.29, 1.82) is 0 Å². The molecular formula is C21H29ClN4. The Morgan fingerprint density at radius 1 is 1.27 bits per heavy atom. The topological polar surface area (TPSA) is 33.1 Å². The van der Waals surface area contributed by atoms with Crippen LogP contribution >= 0.6 is 11.6 Å². The number of likely N-dealkylation sites (N-methyl/N-ethyl adjacent to an activating group) is 1. The van der Waals surface area contributed by atoms with E-state index in [1.807, 2.05) is 12.1 Å². The van der Waals surface area contributed by atoms with Crippen molar-refractivity contribution in [2.75, 3.05) is 31.5 Å². The monoisotopic (exact) mass is 372 g/mol. The molecule has 0 radical (unpaired) electrons. The largest absolute Gasteiger partial charge is 0.370 e. The molecule has 1 aromatic heterocycles. The molecule has 5 heteroatoms. The maximum absolute atomic E-state index is 6.31. The molecule has 1 saturated heterocycles. The smallest absolute Gasteiger partial charge is 0.133 e. The number of halogens is 1. The molecule has 0 spiro atoms. The van der Waals surface area contributed by atoms with Crippen molar-refractivity contribution >= 4 is 17.4 Å². The van der Waals surface area contributed by atoms with Crippen LogP contribution in [0.4, 0.5) is 5.82 Å². The predicted molar refractivity (Wildman–Crippen MR) is 109 cm³/mol. The van der Waals surface area contributed by atoms with Crippen LogP contribution in [0, 0.1) is 6.92 Å². The molecule has 1 aromatic carbocycles. The summed E-state index contributed by atoms with van der Waals surface area (Å²) in [4.78, 5) is 2.56. The molecule has 0 bridgehead atoms. The third kappa shape index (κ3) is 3.37. The van der Waals surface area contributed by atoms with Crippen molar-refractivity contribution in [3.05, 3.63) is 40.0 Å². The van der Waals surface area contributed by atoms with Crippen LogP contribution in [0.5, 0.6) is 0 Å². The second-order valence-electron chi connectivity index (χ2n) is 7.67. The number of nitrogens with zero attached hydrogens (tertiary/aromatic N) is 3. The first kappa shape index (κ1) is 17.9. The highest BCUT2D eigenvalue weighted by Crippen LogP contribution is 2.36. The first-order chi connectivity index (χ1) is 12.7. The van der Waals surface area contributed by atoms with Gasteiger partial charge in [0.2, 0.25) is 0 Å². The highest BCUT2D eigenvalue weighted by molar-refractivity contribution is 6.30. The number of fused-ring (bicyclic) bond motifs is 1. The zero-order valence-electron chi connectivity index (χ0n) is 15.9. The summed E-state index contributed by atoms with van der Waals surface area (Å²) in [6.07, 6.45) is 6.09. The Morgan fingerprint density at radius 2 is 2.15 bits per heavy atom. The van der Waals surface area contributed by atoms with E-state index in [1.165, 1.54) is 54.9 Å². The summed E-state index contributed by atoms with van der Waals surface area (Å²) in [7, 11) is 0. The molecule has 26 heavy (non-hydrogen) atoms. The number of aromatic nitrogens is 2. The van der Waals surface area contributed by atoms with Gasteiger partial charge in [-0.2, -0.15) is 5.10 Å². The van der Waals surface area contributed by atoms with Crippen LogP contribution in [0.25, 0.3) is 5.69 Å². The Morgan fingerprint density at radius 3 is 3.00 bits per heavy atom. The minimum atomic E-state index is 0.540. The lowest BCUT2D eigenvalue weighted by Crippen LogP contribution is -2.34. The SMILES string of the molecule is CCN1CCCC(c2nn(-c3cc(Cl)ccc3C)c3c2CCCCN3)C1. The van der Waals surface area contributed by atoms with Gasteiger partial charge >= 0.3 is 0 Å². The van der Waals surface area contributed by atoms with E-state index in [9.17, 15) is 0 Å². The number of benzene rings is 1. The molecule has 3 heterocycles. The molecule has 4 rings (SSSR count). The van der Waals surface area contributed by atoms with Gasteiger partial charge in [-0.1, -0.05) is 24.6 Å². The van der Waals surface area contributed by atoms with Crippen molar-refractivity contribution in [2.45, 2.75) is 51.9 Å². The molecule has 2 aliphatic rings. The van der Waals surface area contributed by atoms with E-state index in [0.717, 1.165) is 36.8 Å². The molecular weight excluding hydrogens is 344 g/mol. The van der Waals surface area contributed by atoms with Crippen LogP contribution in [0.1, 0.15) is 55.3 Å². The van der Waals surface area contributed by atoms with Gasteiger partial charge < -0.3 is 10.2 Å². The molecule has 0 aliphatic carbocycles. The van der Waals surface area contributed by atoms with Crippen LogP contribution in [0.15, 0.2) is 18.2 Å². The molecule has 4 nitrogen and oxygen atoms in total. The van der Waals surface area contributed by atoms with Crippen LogP contribution in [0.3, 0.4) is 0 Å². The summed E-state index contributed by atoms with van der Waals surface area (Å²) in [5.41, 5.74) is 5.05. The van der Waals surface area contributed by atoms with Gasteiger partial charge in [0.15, 0.2) is 0 Å². The molecule has 0 saturated carbocycles. The van der Waals surface area contributed by atoms with E-state index in [4.69, 9.17) is 16.7 Å². The minimum Gasteiger partial charge on any atom is -0.370 e. The summed E-state index contributed by atoms with van der Waals surface area (Å²) >= 11 is 6.31. The zero-order chi connectivity index (χ0) is 18.1. The van der Waals surface area contributed by atoms with Gasteiger partial charge in [-0.05, 0) is 69.8 Å². The molecule has 1 fully saturated rings. The minimum absolute atomic E-state index is 0.540. The second kappa shape index (κ2) is 7.61. The van der Waals surface area contributed by atoms with Crippen molar-refractivity contribution < 1.29 is 0 Å². The van der Waals surface area contributed by atoms with Gasteiger partial charge in [0, 0.05) is 29.6 Å². The normalized spacial score (nSPS) is 21.1. The number of hydrogen-bond acceptors (Lipinski definition) is 3. The fourth-order valence-corrected chi connectivity index (χ4v) is 4.57. The van der Waals surface area contributed by atoms with Crippen LogP contribution in [0.2, 0.25) is 5.02 Å². The highest BCUT2D eigenvalue weighted by atomic mass is 35.5. The number of hydrogen-bond donors (Lipinski definition) is 1. The third-order valence-electron chi connectivity index (χ3n) is 5.90. The number of likely N-dealkylation sites (tertiary alicyclic amines) is 1. The fourth-order valence-electron chi connectivity index (χ4n) is 4.41. The van der Waals surface area contributed by atoms with Gasteiger partial charge in [-0.25, -0.2) is 4.68 Å². The number of piperidine rings is 1. The van der Waals surface area contributed by atoms with Crippen molar-refractivity contribution in [3.8, 4) is 5.69 Å². The van der Waals surface area contributed by atoms with E-state index >= 15 is 0 Å². The maximum Gasteiger partial charge on any atom is 0.133 e. The second-order valence-corrected chi connectivity index (χ2v) is 8.11. The van der Waals surface area contributed by atoms with Gasteiger partial charge in [0.25, 0.3) is 0 Å². The van der Waals surface area contributed by atoms with E-state index in [1.54, 1.807) is 0 Å². The summed E-state index contributed by atoms with van der Waals surface area (Å²) < 4.78 is 2.13. The van der Waals surface area contributed by atoms with E-state index in [0.29, 0.717) is 5.92 Å². The zero-order valence-corrected chi connectivity index (χ0v) is 16.6. The molecule has 140 valence electrons. The molecule has 2 aromatic rings. The van der Waals surface area contributed by atoms with Gasteiger partial charge in [-0.15, -0.1) is 0 Å². The molecule has 2 aliphatic heterocycles. The Hall–Kier alpha value is -1.52. The van der Waals surface area contributed by atoms with Crippen LogP contribution in [-0.2, 0) is 6.42 Å². The number of nitrogens with one attached hydrogen (secondary N) is 1. The third-order valence-corrected chi connectivity index (χ3v) is 6.13. The first-order valence-corrected chi connectivity index (χ1v) is 10.4. The standard InChI is InChI=1S/C21H29ClN4/c1-3-25-12-6-7-16(14-25)20-18-8-4-5-11-23-21(18)26(24-20)19-13-17(22)10-9-15(19)2/h9-10,13,16,23H,3-8,11-12,14H2,1-2H3. The van der Waals surface area contributed by atoms with Crippen molar-refractivity contribution in [1.82, 2.24) is 14.7 Å². The lowest BCUT2D eigenvalue weighted by Gasteiger charge is -2.31.